The number of hydrogen-bond acceptors (Lipinski definition) is 4. The first-order valence-corrected chi connectivity index (χ1v) is 11.9. The molecule has 5 saturated carbocycles. The average Bonchev–Trinajstić information content (AvgIpc) is 3.00. The van der Waals surface area contributed by atoms with Gasteiger partial charge in [0.1, 0.15) is 0 Å². The van der Waals surface area contributed by atoms with Gasteiger partial charge in [-0.1, -0.05) is 24.4 Å². The number of rotatable bonds is 5. The lowest BCUT2D eigenvalue weighted by Crippen LogP contribution is -2.51. The van der Waals surface area contributed by atoms with E-state index in [9.17, 15) is 4.79 Å². The number of amides is 1. The minimum Gasteiger partial charge on any atom is -0.350 e. The summed E-state index contributed by atoms with van der Waals surface area (Å²) in [6.45, 7) is 2.78. The van der Waals surface area contributed by atoms with Crippen LogP contribution in [0, 0.1) is 30.1 Å². The molecule has 0 unspecified atom stereocenters. The Morgan fingerprint density at radius 3 is 2.37 bits per heavy atom. The Labute approximate surface area is 166 Å². The molecule has 6 rings (SSSR count). The molecule has 5 aliphatic carbocycles. The summed E-state index contributed by atoms with van der Waals surface area (Å²) >= 11 is 1.82. The summed E-state index contributed by atoms with van der Waals surface area (Å²) in [4.78, 5) is 13.9. The Hall–Kier alpha value is -0.970. The van der Waals surface area contributed by atoms with Crippen LogP contribution in [0.5, 0.6) is 0 Å². The second-order valence-corrected chi connectivity index (χ2v) is 11.2. The Morgan fingerprint density at radius 1 is 1.11 bits per heavy atom. The highest BCUT2D eigenvalue weighted by molar-refractivity contribution is 8.00. The van der Waals surface area contributed by atoms with Gasteiger partial charge in [-0.15, -0.1) is 11.8 Å². The molecule has 0 radical (unpaired) electrons. The summed E-state index contributed by atoms with van der Waals surface area (Å²) in [5, 5.41) is 7.99. The van der Waals surface area contributed by atoms with Crippen molar-refractivity contribution in [2.45, 2.75) is 87.7 Å². The molecule has 27 heavy (non-hydrogen) atoms. The van der Waals surface area contributed by atoms with Crippen LogP contribution in [0.2, 0.25) is 0 Å². The van der Waals surface area contributed by atoms with E-state index in [-0.39, 0.29) is 5.91 Å². The topological polar surface area (TPSA) is 55.1 Å². The fraction of sp³-hybridized carbons (Fsp3) is 0.818. The van der Waals surface area contributed by atoms with E-state index in [1.807, 2.05) is 18.7 Å². The molecule has 0 aromatic carbocycles. The molecule has 0 spiro atoms. The van der Waals surface area contributed by atoms with Gasteiger partial charge in [-0.25, -0.2) is 0 Å². The largest absolute Gasteiger partial charge is 0.350 e. The molecular formula is C22H32N2O2S. The number of carbonyl (C=O) groups is 1. The number of aryl methyl sites for hydroxylation is 1. The van der Waals surface area contributed by atoms with Gasteiger partial charge in [-0.05, 0) is 81.5 Å². The molecule has 148 valence electrons. The molecule has 5 aliphatic rings. The Morgan fingerprint density at radius 2 is 1.74 bits per heavy atom. The van der Waals surface area contributed by atoms with E-state index >= 15 is 0 Å². The SMILES string of the molecule is Cc1noc(C(=O)NCC23CC4CC(CC(C4)C2)C3)c1SC1CCCCC1. The minimum atomic E-state index is -0.0512. The number of nitrogens with one attached hydrogen (secondary N) is 1. The van der Waals surface area contributed by atoms with Crippen molar-refractivity contribution in [3.05, 3.63) is 11.5 Å². The van der Waals surface area contributed by atoms with Crippen LogP contribution in [0.3, 0.4) is 0 Å². The first-order valence-electron chi connectivity index (χ1n) is 11.0. The highest BCUT2D eigenvalue weighted by Gasteiger charge is 2.50. The zero-order valence-corrected chi connectivity index (χ0v) is 17.3. The summed E-state index contributed by atoms with van der Waals surface area (Å²) in [5.41, 5.74) is 1.22. The predicted molar refractivity (Wildman–Crippen MR) is 107 cm³/mol. The van der Waals surface area contributed by atoms with Gasteiger partial charge in [0, 0.05) is 11.8 Å². The van der Waals surface area contributed by atoms with E-state index in [2.05, 4.69) is 10.5 Å². The molecule has 1 amide bonds. The maximum atomic E-state index is 13.0. The van der Waals surface area contributed by atoms with Gasteiger partial charge in [0.25, 0.3) is 5.91 Å². The monoisotopic (exact) mass is 388 g/mol. The number of aromatic nitrogens is 1. The third-order valence-corrected chi connectivity index (χ3v) is 9.16. The standard InChI is InChI=1S/C22H32N2O2S/c1-14-20(27-18-5-3-2-4-6-18)19(26-24-14)21(25)23-13-22-10-15-7-16(11-22)9-17(8-15)12-22/h15-18H,2-13H2,1H3,(H,23,25). The number of nitrogens with zero attached hydrogens (tertiary/aromatic N) is 1. The maximum absolute atomic E-state index is 13.0. The first kappa shape index (κ1) is 18.1. The molecular weight excluding hydrogens is 356 g/mol. The predicted octanol–water partition coefficient (Wildman–Crippen LogP) is 5.35. The van der Waals surface area contributed by atoms with E-state index in [1.165, 1.54) is 70.6 Å². The maximum Gasteiger partial charge on any atom is 0.291 e. The molecule has 5 heteroatoms. The second kappa shape index (κ2) is 7.13. The molecule has 1 N–H and O–H groups in total. The van der Waals surface area contributed by atoms with Gasteiger partial charge in [-0.3, -0.25) is 4.79 Å². The van der Waals surface area contributed by atoms with Crippen molar-refractivity contribution in [2.75, 3.05) is 6.54 Å². The number of thioether (sulfide) groups is 1. The lowest BCUT2D eigenvalue weighted by Gasteiger charge is -2.56. The van der Waals surface area contributed by atoms with Gasteiger partial charge in [0.15, 0.2) is 0 Å². The molecule has 4 bridgehead atoms. The van der Waals surface area contributed by atoms with Gasteiger partial charge in [0.05, 0.1) is 10.6 Å². The third-order valence-electron chi connectivity index (χ3n) is 7.64. The zero-order valence-electron chi connectivity index (χ0n) is 16.5. The van der Waals surface area contributed by atoms with Gasteiger partial charge in [-0.2, -0.15) is 0 Å². The number of carbonyl (C=O) groups excluding carboxylic acids is 1. The summed E-state index contributed by atoms with van der Waals surface area (Å²) in [5.74, 6) is 3.15. The van der Waals surface area contributed by atoms with E-state index < -0.39 is 0 Å². The molecule has 0 atom stereocenters. The molecule has 4 nitrogen and oxygen atoms in total. The molecule has 5 fully saturated rings. The van der Waals surface area contributed by atoms with Crippen LogP contribution in [-0.4, -0.2) is 22.9 Å². The van der Waals surface area contributed by atoms with Gasteiger partial charge >= 0.3 is 0 Å². The summed E-state index contributed by atoms with van der Waals surface area (Å²) < 4.78 is 5.49. The van der Waals surface area contributed by atoms with E-state index in [0.717, 1.165) is 34.9 Å². The van der Waals surface area contributed by atoms with Crippen molar-refractivity contribution in [3.63, 3.8) is 0 Å². The molecule has 1 heterocycles. The van der Waals surface area contributed by atoms with Crippen LogP contribution < -0.4 is 5.32 Å². The van der Waals surface area contributed by atoms with Gasteiger partial charge in [0.2, 0.25) is 5.76 Å². The van der Waals surface area contributed by atoms with E-state index in [4.69, 9.17) is 4.52 Å². The highest BCUT2D eigenvalue weighted by atomic mass is 32.2. The normalized spacial score (nSPS) is 35.5. The van der Waals surface area contributed by atoms with E-state index in [0.29, 0.717) is 16.4 Å². The van der Waals surface area contributed by atoms with Crippen LogP contribution in [0.15, 0.2) is 9.42 Å². The van der Waals surface area contributed by atoms with Crippen molar-refractivity contribution in [2.24, 2.45) is 23.2 Å². The van der Waals surface area contributed by atoms with Crippen LogP contribution in [0.1, 0.15) is 86.9 Å². The van der Waals surface area contributed by atoms with Crippen LogP contribution in [0.4, 0.5) is 0 Å². The first-order chi connectivity index (χ1) is 13.1. The lowest BCUT2D eigenvalue weighted by atomic mass is 9.49. The fourth-order valence-electron chi connectivity index (χ4n) is 6.85. The summed E-state index contributed by atoms with van der Waals surface area (Å²) in [7, 11) is 0. The fourth-order valence-corrected chi connectivity index (χ4v) is 8.20. The molecule has 0 aliphatic heterocycles. The third kappa shape index (κ3) is 3.56. The van der Waals surface area contributed by atoms with Crippen LogP contribution >= 0.6 is 11.8 Å². The van der Waals surface area contributed by atoms with Crippen molar-refractivity contribution < 1.29 is 9.32 Å². The Kier molecular flexibility index (Phi) is 4.77. The number of hydrogen-bond donors (Lipinski definition) is 1. The van der Waals surface area contributed by atoms with Crippen LogP contribution in [-0.2, 0) is 0 Å². The van der Waals surface area contributed by atoms with Crippen molar-refractivity contribution in [3.8, 4) is 0 Å². The van der Waals surface area contributed by atoms with Crippen molar-refractivity contribution in [1.29, 1.82) is 0 Å². The Balaban J connectivity index is 1.25. The Bertz CT molecular complexity index is 672. The van der Waals surface area contributed by atoms with Crippen LogP contribution in [0.25, 0.3) is 0 Å². The highest BCUT2D eigenvalue weighted by Crippen LogP contribution is 2.59. The average molecular weight is 389 g/mol. The quantitative estimate of drug-likeness (QED) is 0.738. The summed E-state index contributed by atoms with van der Waals surface area (Å²) in [6.07, 6.45) is 14.7. The van der Waals surface area contributed by atoms with Gasteiger partial charge < -0.3 is 9.84 Å². The molecule has 1 aromatic heterocycles. The minimum absolute atomic E-state index is 0.0512. The van der Waals surface area contributed by atoms with Crippen molar-refractivity contribution in [1.82, 2.24) is 10.5 Å². The lowest BCUT2D eigenvalue weighted by molar-refractivity contribution is -0.0504. The van der Waals surface area contributed by atoms with E-state index in [1.54, 1.807) is 0 Å². The molecule has 1 aromatic rings. The smallest absolute Gasteiger partial charge is 0.291 e. The zero-order chi connectivity index (χ0) is 18.4. The molecule has 0 saturated heterocycles. The summed E-state index contributed by atoms with van der Waals surface area (Å²) in [6, 6.07) is 0. The van der Waals surface area contributed by atoms with Crippen molar-refractivity contribution >= 4 is 17.7 Å². The second-order valence-electron chi connectivity index (χ2n) is 9.90.